The molecule has 1 N–H and O–H groups in total. The minimum absolute atomic E-state index is 0.271. The van der Waals surface area contributed by atoms with Crippen molar-refractivity contribution in [2.75, 3.05) is 13.1 Å². The van der Waals surface area contributed by atoms with E-state index in [-0.39, 0.29) is 5.41 Å². The maximum absolute atomic E-state index is 10.7. The Kier molecular flexibility index (Phi) is 2.03. The van der Waals surface area contributed by atoms with Crippen LogP contribution in [0, 0.1) is 5.41 Å². The van der Waals surface area contributed by atoms with Gasteiger partial charge in [0.05, 0.1) is 0 Å². The first-order chi connectivity index (χ1) is 5.87. The molecule has 1 aliphatic carbocycles. The second kappa shape index (κ2) is 3.04. The minimum atomic E-state index is 0.271. The fourth-order valence-corrected chi connectivity index (χ4v) is 2.64. The van der Waals surface area contributed by atoms with Gasteiger partial charge in [0, 0.05) is 11.0 Å². The molecule has 2 rings (SSSR count). The van der Waals surface area contributed by atoms with Gasteiger partial charge in [0.1, 0.15) is 5.94 Å². The third-order valence-electron chi connectivity index (χ3n) is 3.41. The lowest BCUT2D eigenvalue weighted by Crippen LogP contribution is -2.36. The van der Waals surface area contributed by atoms with Gasteiger partial charge in [0.2, 0.25) is 0 Å². The molecule has 1 saturated heterocycles. The molecule has 12 heavy (non-hydrogen) atoms. The van der Waals surface area contributed by atoms with Crippen LogP contribution in [0.15, 0.2) is 5.57 Å². The number of carbonyl (C=O) groups excluding carboxylic acids is 1. The summed E-state index contributed by atoms with van der Waals surface area (Å²) in [7, 11) is 0. The van der Waals surface area contributed by atoms with Gasteiger partial charge in [-0.1, -0.05) is 0 Å². The van der Waals surface area contributed by atoms with Crippen LogP contribution in [0.2, 0.25) is 0 Å². The molecule has 1 spiro atoms. The molecule has 66 valence electrons. The van der Waals surface area contributed by atoms with Gasteiger partial charge in [-0.05, 0) is 45.2 Å². The average Bonchev–Trinajstić information content (AvgIpc) is 2.49. The summed E-state index contributed by atoms with van der Waals surface area (Å²) < 4.78 is 0. The Morgan fingerprint density at radius 3 is 2.67 bits per heavy atom. The second-order valence-electron chi connectivity index (χ2n) is 3.96. The number of hydrogen-bond donors (Lipinski definition) is 1. The molecule has 2 nitrogen and oxygen atoms in total. The zero-order valence-electron chi connectivity index (χ0n) is 7.36. The monoisotopic (exact) mass is 165 g/mol. The molecule has 0 atom stereocenters. The molecule has 1 aliphatic heterocycles. The molecule has 0 amide bonds. The average molecular weight is 165 g/mol. The Labute approximate surface area is 73.0 Å². The van der Waals surface area contributed by atoms with Crippen LogP contribution < -0.4 is 5.32 Å². The maximum Gasteiger partial charge on any atom is 0.124 e. The third-order valence-corrected chi connectivity index (χ3v) is 3.41. The lowest BCUT2D eigenvalue weighted by molar-refractivity contribution is 0.262. The van der Waals surface area contributed by atoms with Gasteiger partial charge < -0.3 is 5.32 Å². The Morgan fingerprint density at radius 2 is 2.00 bits per heavy atom. The van der Waals surface area contributed by atoms with Crippen LogP contribution >= 0.6 is 0 Å². The van der Waals surface area contributed by atoms with Crippen molar-refractivity contribution in [3.05, 3.63) is 5.57 Å². The van der Waals surface area contributed by atoms with Gasteiger partial charge in [-0.25, -0.2) is 4.79 Å². The number of piperidine rings is 1. The molecule has 0 bridgehead atoms. The number of nitrogens with one attached hydrogen (secondary N) is 1. The molecule has 1 saturated carbocycles. The molecule has 0 radical (unpaired) electrons. The Morgan fingerprint density at radius 1 is 1.25 bits per heavy atom. The molecule has 0 aromatic heterocycles. The van der Waals surface area contributed by atoms with Crippen molar-refractivity contribution in [3.63, 3.8) is 0 Å². The van der Waals surface area contributed by atoms with Crippen molar-refractivity contribution in [1.82, 2.24) is 5.32 Å². The summed E-state index contributed by atoms with van der Waals surface area (Å²) in [6.45, 7) is 2.15. The summed E-state index contributed by atoms with van der Waals surface area (Å²) in [6.07, 6.45) is 5.72. The smallest absolute Gasteiger partial charge is 0.124 e. The lowest BCUT2D eigenvalue weighted by atomic mass is 9.75. The standard InChI is InChI=1S/C10H15NO/c12-8-9-2-1-3-10(9)4-6-11-7-5-10/h11H,1-7H2. The first-order valence-electron chi connectivity index (χ1n) is 4.83. The topological polar surface area (TPSA) is 29.1 Å². The number of hydrogen-bond acceptors (Lipinski definition) is 2. The SMILES string of the molecule is O=C=C1CCCC12CCNCC2. The zero-order chi connectivity index (χ0) is 8.44. The molecule has 0 aromatic carbocycles. The van der Waals surface area contributed by atoms with Gasteiger partial charge in [0.15, 0.2) is 0 Å². The summed E-state index contributed by atoms with van der Waals surface area (Å²) in [5.74, 6) is 2.16. The summed E-state index contributed by atoms with van der Waals surface area (Å²) in [5.41, 5.74) is 1.34. The van der Waals surface area contributed by atoms with E-state index in [0.717, 1.165) is 37.9 Å². The highest BCUT2D eigenvalue weighted by atomic mass is 16.1. The molecule has 0 aromatic rings. The molecular formula is C10H15NO. The predicted molar refractivity (Wildman–Crippen MR) is 47.6 cm³/mol. The fraction of sp³-hybridized carbons (Fsp3) is 0.800. The molecular weight excluding hydrogens is 150 g/mol. The first kappa shape index (κ1) is 8.03. The molecule has 0 unspecified atom stereocenters. The first-order valence-corrected chi connectivity index (χ1v) is 4.83. The molecule has 2 heteroatoms. The molecule has 2 aliphatic rings. The molecule has 1 heterocycles. The number of rotatable bonds is 0. The van der Waals surface area contributed by atoms with Gasteiger partial charge in [-0.3, -0.25) is 0 Å². The van der Waals surface area contributed by atoms with Crippen LogP contribution in [0.5, 0.6) is 0 Å². The predicted octanol–water partition coefficient (Wildman–Crippen LogP) is 1.30. The molecule has 2 fully saturated rings. The van der Waals surface area contributed by atoms with E-state index in [2.05, 4.69) is 11.3 Å². The third kappa shape index (κ3) is 1.12. The Balaban J connectivity index is 2.22. The second-order valence-corrected chi connectivity index (χ2v) is 3.96. The maximum atomic E-state index is 10.7. The lowest BCUT2D eigenvalue weighted by Gasteiger charge is -2.33. The van der Waals surface area contributed by atoms with Crippen molar-refractivity contribution in [3.8, 4) is 0 Å². The summed E-state index contributed by atoms with van der Waals surface area (Å²) in [4.78, 5) is 10.7. The van der Waals surface area contributed by atoms with Crippen LogP contribution in [0.3, 0.4) is 0 Å². The zero-order valence-corrected chi connectivity index (χ0v) is 7.36. The largest absolute Gasteiger partial charge is 0.317 e. The van der Waals surface area contributed by atoms with Crippen LogP contribution in [0.1, 0.15) is 32.1 Å². The van der Waals surface area contributed by atoms with Crippen molar-refractivity contribution < 1.29 is 4.79 Å². The Bertz CT molecular complexity index is 222. The van der Waals surface area contributed by atoms with E-state index in [0.29, 0.717) is 0 Å². The van der Waals surface area contributed by atoms with Crippen LogP contribution in [-0.2, 0) is 4.79 Å². The van der Waals surface area contributed by atoms with E-state index in [1.54, 1.807) is 0 Å². The van der Waals surface area contributed by atoms with Crippen LogP contribution in [0.4, 0.5) is 0 Å². The van der Waals surface area contributed by atoms with Crippen molar-refractivity contribution in [2.45, 2.75) is 32.1 Å². The van der Waals surface area contributed by atoms with E-state index >= 15 is 0 Å². The quantitative estimate of drug-likeness (QED) is 0.548. The van der Waals surface area contributed by atoms with Crippen molar-refractivity contribution in [2.24, 2.45) is 5.41 Å². The fourth-order valence-electron chi connectivity index (χ4n) is 2.64. The summed E-state index contributed by atoms with van der Waals surface area (Å²) >= 11 is 0. The van der Waals surface area contributed by atoms with Gasteiger partial charge >= 0.3 is 0 Å². The minimum Gasteiger partial charge on any atom is -0.317 e. The van der Waals surface area contributed by atoms with E-state index < -0.39 is 0 Å². The number of allylic oxidation sites excluding steroid dienone is 1. The normalized spacial score (nSPS) is 27.5. The van der Waals surface area contributed by atoms with Gasteiger partial charge in [-0.15, -0.1) is 0 Å². The van der Waals surface area contributed by atoms with E-state index in [4.69, 9.17) is 0 Å². The highest BCUT2D eigenvalue weighted by Gasteiger charge is 2.39. The van der Waals surface area contributed by atoms with Crippen LogP contribution in [-0.4, -0.2) is 19.0 Å². The highest BCUT2D eigenvalue weighted by molar-refractivity contribution is 5.56. The van der Waals surface area contributed by atoms with E-state index in [1.807, 2.05) is 0 Å². The van der Waals surface area contributed by atoms with Crippen LogP contribution in [0.25, 0.3) is 0 Å². The van der Waals surface area contributed by atoms with Gasteiger partial charge in [0.25, 0.3) is 0 Å². The summed E-state index contributed by atoms with van der Waals surface area (Å²) in [6, 6.07) is 0. The van der Waals surface area contributed by atoms with Crippen molar-refractivity contribution >= 4 is 5.94 Å². The van der Waals surface area contributed by atoms with E-state index in [1.165, 1.54) is 12.8 Å². The van der Waals surface area contributed by atoms with E-state index in [9.17, 15) is 4.79 Å². The Hall–Kier alpha value is -0.590. The summed E-state index contributed by atoms with van der Waals surface area (Å²) in [5, 5.41) is 3.34. The van der Waals surface area contributed by atoms with Gasteiger partial charge in [-0.2, -0.15) is 0 Å². The highest BCUT2D eigenvalue weighted by Crippen LogP contribution is 2.47. The van der Waals surface area contributed by atoms with Crippen molar-refractivity contribution in [1.29, 1.82) is 0 Å².